The van der Waals surface area contributed by atoms with E-state index in [1.807, 2.05) is 19.1 Å². The zero-order valence-corrected chi connectivity index (χ0v) is 19.0. The molecule has 1 aromatic heterocycles. The van der Waals surface area contributed by atoms with Gasteiger partial charge in [0.1, 0.15) is 5.15 Å². The van der Waals surface area contributed by atoms with Crippen molar-refractivity contribution in [3.05, 3.63) is 87.7 Å². The van der Waals surface area contributed by atoms with E-state index in [-0.39, 0.29) is 18.4 Å². The normalized spacial score (nSPS) is 12.9. The first-order chi connectivity index (χ1) is 15.9. The maximum absolute atomic E-state index is 13.1. The Kier molecular flexibility index (Phi) is 6.71. The molecule has 2 aromatic carbocycles. The Bertz CT molecular complexity index is 1240. The summed E-state index contributed by atoms with van der Waals surface area (Å²) in [6.45, 7) is 3.61. The van der Waals surface area contributed by atoms with Crippen LogP contribution in [-0.2, 0) is 6.54 Å². The number of likely N-dealkylation sites (tertiary alicyclic amines) is 1. The molecule has 3 aromatic rings. The molecule has 1 aliphatic rings. The van der Waals surface area contributed by atoms with Gasteiger partial charge in [-0.05, 0) is 72.4 Å². The van der Waals surface area contributed by atoms with Crippen LogP contribution in [-0.4, -0.2) is 34.8 Å². The summed E-state index contributed by atoms with van der Waals surface area (Å²) in [5.41, 5.74) is 4.43. The quantitative estimate of drug-likeness (QED) is 0.559. The van der Waals surface area contributed by atoms with Crippen LogP contribution in [0.2, 0.25) is 5.15 Å². The third-order valence-electron chi connectivity index (χ3n) is 5.68. The number of rotatable bonds is 5. The molecule has 1 N–H and O–H groups in total. The van der Waals surface area contributed by atoms with E-state index in [2.05, 4.69) is 16.4 Å². The molecule has 0 saturated carbocycles. The predicted octanol–water partition coefficient (Wildman–Crippen LogP) is 4.75. The molecule has 0 spiro atoms. The van der Waals surface area contributed by atoms with Gasteiger partial charge < -0.3 is 10.2 Å². The van der Waals surface area contributed by atoms with E-state index in [4.69, 9.17) is 11.6 Å². The van der Waals surface area contributed by atoms with E-state index < -0.39 is 0 Å². The van der Waals surface area contributed by atoms with E-state index >= 15 is 0 Å². The predicted molar refractivity (Wildman–Crippen MR) is 127 cm³/mol. The summed E-state index contributed by atoms with van der Waals surface area (Å²) in [4.78, 5) is 32.0. The van der Waals surface area contributed by atoms with E-state index in [0.29, 0.717) is 46.1 Å². The van der Waals surface area contributed by atoms with Crippen LogP contribution >= 0.6 is 11.6 Å². The second-order valence-electron chi connectivity index (χ2n) is 8.13. The number of aromatic nitrogens is 1. The molecule has 166 valence electrons. The highest BCUT2D eigenvalue weighted by atomic mass is 35.5. The molecule has 1 fully saturated rings. The van der Waals surface area contributed by atoms with Gasteiger partial charge in [0, 0.05) is 37.0 Å². The van der Waals surface area contributed by atoms with Crippen molar-refractivity contribution < 1.29 is 9.59 Å². The molecule has 0 unspecified atom stereocenters. The Hall–Kier alpha value is -3.69. The van der Waals surface area contributed by atoms with E-state index in [0.717, 1.165) is 24.0 Å². The van der Waals surface area contributed by atoms with Crippen LogP contribution in [0.1, 0.15) is 50.2 Å². The fraction of sp³-hybridized carbons (Fsp3) is 0.231. The summed E-state index contributed by atoms with van der Waals surface area (Å²) in [7, 11) is 0. The summed E-state index contributed by atoms with van der Waals surface area (Å²) >= 11 is 5.82. The number of benzene rings is 2. The van der Waals surface area contributed by atoms with Crippen molar-refractivity contribution in [1.29, 1.82) is 5.26 Å². The zero-order valence-electron chi connectivity index (χ0n) is 18.3. The number of hydrogen-bond donors (Lipinski definition) is 1. The highest BCUT2D eigenvalue weighted by Gasteiger charge is 2.22. The lowest BCUT2D eigenvalue weighted by atomic mass is 9.94. The van der Waals surface area contributed by atoms with Crippen molar-refractivity contribution >= 4 is 23.4 Å². The van der Waals surface area contributed by atoms with Crippen LogP contribution in [0.5, 0.6) is 0 Å². The Morgan fingerprint density at radius 2 is 1.85 bits per heavy atom. The Morgan fingerprint density at radius 3 is 2.55 bits per heavy atom. The maximum atomic E-state index is 13.1. The maximum Gasteiger partial charge on any atom is 0.253 e. The first kappa shape index (κ1) is 22.5. The minimum absolute atomic E-state index is 0.101. The van der Waals surface area contributed by atoms with Crippen LogP contribution in [0.3, 0.4) is 0 Å². The van der Waals surface area contributed by atoms with Crippen LogP contribution < -0.4 is 5.32 Å². The third kappa shape index (κ3) is 5.21. The van der Waals surface area contributed by atoms with Gasteiger partial charge >= 0.3 is 0 Å². The van der Waals surface area contributed by atoms with Crippen LogP contribution in [0.4, 0.5) is 0 Å². The largest absolute Gasteiger partial charge is 0.348 e. The van der Waals surface area contributed by atoms with Crippen LogP contribution in [0.25, 0.3) is 11.1 Å². The number of carbonyl (C=O) groups is 2. The number of aryl methyl sites for hydroxylation is 1. The van der Waals surface area contributed by atoms with Gasteiger partial charge in [-0.3, -0.25) is 9.59 Å². The SMILES string of the molecule is Cc1ccc(-c2cc(C(=O)NCc3ccc(Cl)nc3)cc(C(=O)N3CCCC3)c2)c(C#N)c1. The molecule has 0 aliphatic carbocycles. The lowest BCUT2D eigenvalue weighted by Crippen LogP contribution is -2.28. The second-order valence-corrected chi connectivity index (χ2v) is 8.52. The number of nitrogens with zero attached hydrogens (tertiary/aromatic N) is 3. The molecule has 0 atom stereocenters. The Morgan fingerprint density at radius 1 is 1.09 bits per heavy atom. The number of halogens is 1. The number of nitriles is 1. The summed E-state index contributed by atoms with van der Waals surface area (Å²) in [6, 6.07) is 16.4. The van der Waals surface area contributed by atoms with E-state index in [9.17, 15) is 14.9 Å². The number of pyridine rings is 1. The zero-order chi connectivity index (χ0) is 23.4. The number of hydrogen-bond acceptors (Lipinski definition) is 4. The summed E-state index contributed by atoms with van der Waals surface area (Å²) in [5.74, 6) is -0.413. The molecule has 2 heterocycles. The first-order valence-electron chi connectivity index (χ1n) is 10.8. The minimum Gasteiger partial charge on any atom is -0.348 e. The van der Waals surface area contributed by atoms with Crippen molar-refractivity contribution in [2.75, 3.05) is 13.1 Å². The average Bonchev–Trinajstić information content (AvgIpc) is 3.37. The highest BCUT2D eigenvalue weighted by molar-refractivity contribution is 6.29. The molecule has 7 heteroatoms. The third-order valence-corrected chi connectivity index (χ3v) is 5.91. The molecule has 33 heavy (non-hydrogen) atoms. The number of nitrogens with one attached hydrogen (secondary N) is 1. The average molecular weight is 459 g/mol. The molecule has 0 radical (unpaired) electrons. The van der Waals surface area contributed by atoms with Gasteiger partial charge in [0.25, 0.3) is 11.8 Å². The van der Waals surface area contributed by atoms with Crippen molar-refractivity contribution in [2.45, 2.75) is 26.3 Å². The van der Waals surface area contributed by atoms with Crippen LogP contribution in [0.15, 0.2) is 54.7 Å². The molecule has 1 saturated heterocycles. The molecule has 1 aliphatic heterocycles. The minimum atomic E-state index is -0.312. The molecule has 6 nitrogen and oxygen atoms in total. The van der Waals surface area contributed by atoms with Crippen molar-refractivity contribution in [3.8, 4) is 17.2 Å². The standard InChI is InChI=1S/C26H23ClN4O2/c1-17-4-6-23(22(10-17)14-28)19-11-20(13-21(12-19)26(33)31-8-2-3-9-31)25(32)30-16-18-5-7-24(27)29-15-18/h4-7,10-13,15H,2-3,8-9,16H2,1H3,(H,30,32). The molecular formula is C26H23ClN4O2. The van der Waals surface area contributed by atoms with E-state index in [1.54, 1.807) is 47.5 Å². The Labute approximate surface area is 197 Å². The molecular weight excluding hydrogens is 436 g/mol. The highest BCUT2D eigenvalue weighted by Crippen LogP contribution is 2.28. The Balaban J connectivity index is 1.69. The van der Waals surface area contributed by atoms with Gasteiger partial charge in [-0.1, -0.05) is 29.8 Å². The van der Waals surface area contributed by atoms with Gasteiger partial charge in [0.15, 0.2) is 0 Å². The summed E-state index contributed by atoms with van der Waals surface area (Å²) in [5, 5.41) is 12.9. The van der Waals surface area contributed by atoms with Crippen molar-refractivity contribution in [2.24, 2.45) is 0 Å². The number of carbonyl (C=O) groups excluding carboxylic acids is 2. The first-order valence-corrected chi connectivity index (χ1v) is 11.2. The summed E-state index contributed by atoms with van der Waals surface area (Å²) in [6.07, 6.45) is 3.56. The summed E-state index contributed by atoms with van der Waals surface area (Å²) < 4.78 is 0. The molecule has 4 rings (SSSR count). The lowest BCUT2D eigenvalue weighted by molar-refractivity contribution is 0.0793. The molecule has 0 bridgehead atoms. The van der Waals surface area contributed by atoms with Crippen molar-refractivity contribution in [1.82, 2.24) is 15.2 Å². The van der Waals surface area contributed by atoms with Crippen molar-refractivity contribution in [3.63, 3.8) is 0 Å². The molecule has 2 amide bonds. The fourth-order valence-electron chi connectivity index (χ4n) is 3.94. The van der Waals surface area contributed by atoms with Gasteiger partial charge in [0.2, 0.25) is 0 Å². The van der Waals surface area contributed by atoms with Gasteiger partial charge in [-0.25, -0.2) is 4.98 Å². The topological polar surface area (TPSA) is 86.1 Å². The van der Waals surface area contributed by atoms with Gasteiger partial charge in [0.05, 0.1) is 11.6 Å². The van der Waals surface area contributed by atoms with E-state index in [1.165, 1.54) is 0 Å². The van der Waals surface area contributed by atoms with Gasteiger partial charge in [-0.2, -0.15) is 5.26 Å². The monoisotopic (exact) mass is 458 g/mol. The smallest absolute Gasteiger partial charge is 0.253 e. The fourth-order valence-corrected chi connectivity index (χ4v) is 4.05. The second kappa shape index (κ2) is 9.85. The lowest BCUT2D eigenvalue weighted by Gasteiger charge is -2.17. The van der Waals surface area contributed by atoms with Crippen LogP contribution in [0, 0.1) is 18.3 Å². The van der Waals surface area contributed by atoms with Gasteiger partial charge in [-0.15, -0.1) is 0 Å². The number of amides is 2.